The Morgan fingerprint density at radius 2 is 1.88 bits per heavy atom. The zero-order valence-electron chi connectivity index (χ0n) is 13.8. The number of rotatable bonds is 5. The minimum Gasteiger partial charge on any atom is -0.469 e. The third-order valence-corrected chi connectivity index (χ3v) is 4.38. The van der Waals surface area contributed by atoms with Gasteiger partial charge in [-0.3, -0.25) is 9.35 Å². The second-order valence-corrected chi connectivity index (χ2v) is 6.59. The van der Waals surface area contributed by atoms with E-state index in [1.165, 1.54) is 19.2 Å². The molecule has 0 heterocycles. The molecule has 0 fully saturated rings. The molecule has 0 unspecified atom stereocenters. The number of methoxy groups -OCH3 is 1. The Hall–Kier alpha value is -2.82. The quantitative estimate of drug-likeness (QED) is 0.504. The van der Waals surface area contributed by atoms with Gasteiger partial charge in [-0.25, -0.2) is 4.31 Å². The number of ether oxygens (including phenoxy) is 1. The summed E-state index contributed by atoms with van der Waals surface area (Å²) in [5.41, 5.74) is 2.08. The first-order valence-corrected chi connectivity index (χ1v) is 8.66. The maximum Gasteiger partial charge on any atom is 0.364 e. The van der Waals surface area contributed by atoms with E-state index in [0.29, 0.717) is 5.56 Å². The molecule has 6 nitrogen and oxygen atoms in total. The van der Waals surface area contributed by atoms with Crippen LogP contribution < -0.4 is 4.31 Å². The average Bonchev–Trinajstić information content (AvgIpc) is 2.56. The minimum atomic E-state index is -4.61. The number of hydrogen-bond acceptors (Lipinski definition) is 4. The predicted octanol–water partition coefficient (Wildman–Crippen LogP) is 2.63. The summed E-state index contributed by atoms with van der Waals surface area (Å²) < 4.78 is 38.9. The molecule has 0 spiro atoms. The van der Waals surface area contributed by atoms with Crippen molar-refractivity contribution in [3.05, 3.63) is 59.2 Å². The maximum absolute atomic E-state index is 11.9. The fourth-order valence-corrected chi connectivity index (χ4v) is 3.10. The molecule has 0 atom stereocenters. The lowest BCUT2D eigenvalue weighted by molar-refractivity contribution is -0.139. The molecule has 0 aliphatic rings. The second-order valence-electron chi connectivity index (χ2n) is 5.33. The Morgan fingerprint density at radius 1 is 1.24 bits per heavy atom. The topological polar surface area (TPSA) is 83.9 Å². The molecule has 0 amide bonds. The van der Waals surface area contributed by atoms with Crippen LogP contribution in [0.25, 0.3) is 0 Å². The molecule has 0 radical (unpaired) electrons. The van der Waals surface area contributed by atoms with Gasteiger partial charge in [-0.15, -0.1) is 6.42 Å². The fraction of sp³-hybridized carbons (Fsp3) is 0.167. The number of hydrogen-bond donors (Lipinski definition) is 1. The van der Waals surface area contributed by atoms with Gasteiger partial charge in [-0.1, -0.05) is 29.7 Å². The van der Waals surface area contributed by atoms with Crippen molar-refractivity contribution in [3.63, 3.8) is 0 Å². The van der Waals surface area contributed by atoms with Gasteiger partial charge < -0.3 is 4.74 Å². The lowest BCUT2D eigenvalue weighted by atomic mass is 10.1. The van der Waals surface area contributed by atoms with Gasteiger partial charge in [-0.05, 0) is 36.8 Å². The Kier molecular flexibility index (Phi) is 5.47. The van der Waals surface area contributed by atoms with Crippen LogP contribution >= 0.6 is 0 Å². The van der Waals surface area contributed by atoms with Crippen LogP contribution in [0.5, 0.6) is 0 Å². The normalized spacial score (nSPS) is 10.8. The third-order valence-electron chi connectivity index (χ3n) is 3.51. The highest BCUT2D eigenvalue weighted by Crippen LogP contribution is 2.32. The number of anilines is 2. The molecule has 2 aromatic carbocycles. The highest BCUT2D eigenvalue weighted by molar-refractivity contribution is 7.87. The van der Waals surface area contributed by atoms with Crippen LogP contribution in [0.1, 0.15) is 16.7 Å². The van der Waals surface area contributed by atoms with Crippen molar-refractivity contribution in [2.24, 2.45) is 0 Å². The molecule has 0 aliphatic heterocycles. The maximum atomic E-state index is 11.9. The molecule has 0 aliphatic carbocycles. The number of terminal acetylenes is 1. The molecule has 1 N–H and O–H groups in total. The van der Waals surface area contributed by atoms with E-state index in [0.717, 1.165) is 9.87 Å². The Bertz CT molecular complexity index is 927. The molecular formula is C18H17NO5S. The van der Waals surface area contributed by atoms with Crippen molar-refractivity contribution in [1.29, 1.82) is 0 Å². The zero-order valence-corrected chi connectivity index (χ0v) is 14.6. The van der Waals surface area contributed by atoms with Crippen LogP contribution in [0, 0.1) is 19.3 Å². The van der Waals surface area contributed by atoms with E-state index in [-0.39, 0.29) is 23.4 Å². The fourth-order valence-electron chi connectivity index (χ4n) is 2.30. The largest absolute Gasteiger partial charge is 0.469 e. The molecule has 0 saturated carbocycles. The second kappa shape index (κ2) is 7.38. The van der Waals surface area contributed by atoms with Gasteiger partial charge in [0.25, 0.3) is 0 Å². The Balaban J connectivity index is 2.56. The summed E-state index contributed by atoms with van der Waals surface area (Å²) in [6.07, 6.45) is 5.50. The average molecular weight is 359 g/mol. The molecule has 0 bridgehead atoms. The van der Waals surface area contributed by atoms with Crippen LogP contribution in [0.4, 0.5) is 11.4 Å². The van der Waals surface area contributed by atoms with E-state index in [1.54, 1.807) is 30.3 Å². The first-order valence-electron chi connectivity index (χ1n) is 7.27. The van der Waals surface area contributed by atoms with Gasteiger partial charge in [0.15, 0.2) is 0 Å². The van der Waals surface area contributed by atoms with E-state index < -0.39 is 16.3 Å². The van der Waals surface area contributed by atoms with E-state index >= 15 is 0 Å². The number of benzene rings is 2. The highest BCUT2D eigenvalue weighted by Gasteiger charge is 2.24. The Labute approximate surface area is 146 Å². The number of aryl methyl sites for hydroxylation is 1. The first kappa shape index (κ1) is 18.5. The van der Waals surface area contributed by atoms with E-state index in [9.17, 15) is 17.8 Å². The van der Waals surface area contributed by atoms with E-state index in [1.807, 2.05) is 6.92 Å². The summed E-state index contributed by atoms with van der Waals surface area (Å²) in [5, 5.41) is 0. The molecule has 7 heteroatoms. The van der Waals surface area contributed by atoms with E-state index in [4.69, 9.17) is 6.42 Å². The summed E-state index contributed by atoms with van der Waals surface area (Å²) in [6, 6.07) is 11.1. The number of nitrogens with zero attached hydrogens (tertiary/aromatic N) is 1. The van der Waals surface area contributed by atoms with Crippen LogP contribution in [0.3, 0.4) is 0 Å². The zero-order chi connectivity index (χ0) is 18.6. The van der Waals surface area contributed by atoms with Crippen LogP contribution in [-0.4, -0.2) is 26.0 Å². The smallest absolute Gasteiger partial charge is 0.364 e. The number of carbonyl (C=O) groups excluding carboxylic acids is 1. The van der Waals surface area contributed by atoms with Crippen LogP contribution in [0.2, 0.25) is 0 Å². The first-order chi connectivity index (χ1) is 11.8. The lowest BCUT2D eigenvalue weighted by Crippen LogP contribution is -2.26. The lowest BCUT2D eigenvalue weighted by Gasteiger charge is -2.23. The SMILES string of the molecule is C#Cc1cc(CC(=O)OC)ccc1N(c1ccc(C)cc1)S(=O)(=O)O. The molecule has 2 aromatic rings. The van der Waals surface area contributed by atoms with Crippen molar-refractivity contribution in [1.82, 2.24) is 0 Å². The number of carbonyl (C=O) groups is 1. The van der Waals surface area contributed by atoms with Gasteiger partial charge in [0, 0.05) is 5.56 Å². The van der Waals surface area contributed by atoms with Crippen molar-refractivity contribution >= 4 is 27.6 Å². The van der Waals surface area contributed by atoms with Gasteiger partial charge in [0.05, 0.1) is 24.9 Å². The summed E-state index contributed by atoms with van der Waals surface area (Å²) in [4.78, 5) is 11.4. The van der Waals surface area contributed by atoms with Gasteiger partial charge >= 0.3 is 16.3 Å². The predicted molar refractivity (Wildman–Crippen MR) is 95.0 cm³/mol. The van der Waals surface area contributed by atoms with Gasteiger partial charge in [0.2, 0.25) is 0 Å². The van der Waals surface area contributed by atoms with Crippen molar-refractivity contribution in [2.75, 3.05) is 11.4 Å². The molecule has 2 rings (SSSR count). The van der Waals surface area contributed by atoms with Crippen molar-refractivity contribution in [3.8, 4) is 12.3 Å². The highest BCUT2D eigenvalue weighted by atomic mass is 32.2. The van der Waals surface area contributed by atoms with Crippen molar-refractivity contribution < 1.29 is 22.5 Å². The van der Waals surface area contributed by atoms with Crippen LogP contribution in [0.15, 0.2) is 42.5 Å². The molecule has 25 heavy (non-hydrogen) atoms. The molecule has 0 saturated heterocycles. The molecule has 130 valence electrons. The summed E-state index contributed by atoms with van der Waals surface area (Å²) >= 11 is 0. The summed E-state index contributed by atoms with van der Waals surface area (Å²) in [6.45, 7) is 1.86. The molecule has 0 aromatic heterocycles. The van der Waals surface area contributed by atoms with E-state index in [2.05, 4.69) is 10.7 Å². The van der Waals surface area contributed by atoms with Gasteiger partial charge in [-0.2, -0.15) is 8.42 Å². The van der Waals surface area contributed by atoms with Crippen LogP contribution in [-0.2, 0) is 26.3 Å². The standard InChI is InChI=1S/C18H17NO5S/c1-4-15-11-14(12-18(20)24-3)7-10-17(15)19(25(21,22)23)16-8-5-13(2)6-9-16/h1,5-11H,12H2,2-3H3,(H,21,22,23). The third kappa shape index (κ3) is 4.38. The Morgan fingerprint density at radius 3 is 2.40 bits per heavy atom. The monoisotopic (exact) mass is 359 g/mol. The molecular weight excluding hydrogens is 342 g/mol. The minimum absolute atomic E-state index is 0.00185. The van der Waals surface area contributed by atoms with Crippen molar-refractivity contribution in [2.45, 2.75) is 13.3 Å². The summed E-state index contributed by atoms with van der Waals surface area (Å²) in [7, 11) is -3.34. The summed E-state index contributed by atoms with van der Waals surface area (Å²) in [5.74, 6) is 1.95. The van der Waals surface area contributed by atoms with Gasteiger partial charge in [0.1, 0.15) is 0 Å². The number of esters is 1.